The second kappa shape index (κ2) is 9.42. The third kappa shape index (κ3) is 4.73. The molecule has 2 aromatic heterocycles. The summed E-state index contributed by atoms with van der Waals surface area (Å²) in [7, 11) is -8.70. The Balaban J connectivity index is 1.57. The molecule has 0 saturated heterocycles. The topological polar surface area (TPSA) is 92.3 Å². The molecule has 0 bridgehead atoms. The summed E-state index contributed by atoms with van der Waals surface area (Å²) >= 11 is 7.67. The van der Waals surface area contributed by atoms with Gasteiger partial charge < -0.3 is 0 Å². The summed E-state index contributed by atoms with van der Waals surface area (Å²) in [6.07, 6.45) is 0. The molecule has 0 aliphatic rings. The van der Waals surface area contributed by atoms with Crippen molar-refractivity contribution in [1.82, 2.24) is 0 Å². The molecule has 2 heterocycles. The van der Waals surface area contributed by atoms with Gasteiger partial charge in [0.15, 0.2) is 0 Å². The summed E-state index contributed by atoms with van der Waals surface area (Å²) in [5.74, 6) is -2.06. The molecule has 0 fully saturated rings. The van der Waals surface area contributed by atoms with Crippen LogP contribution in [0, 0.1) is 31.3 Å². The van der Waals surface area contributed by atoms with E-state index >= 15 is 0 Å². The van der Waals surface area contributed by atoms with Crippen molar-refractivity contribution in [2.24, 2.45) is 0 Å². The molecule has 0 radical (unpaired) electrons. The number of rotatable bonds is 6. The number of hydrogen-bond acceptors (Lipinski definition) is 6. The zero-order valence-corrected chi connectivity index (χ0v) is 23.4. The number of sulfonamides is 2. The molecule has 38 heavy (non-hydrogen) atoms. The fraction of sp³-hybridized carbons (Fsp3) is 0.0833. The molecule has 14 heteroatoms. The highest BCUT2D eigenvalue weighted by molar-refractivity contribution is 7.95. The highest BCUT2D eigenvalue weighted by atomic mass is 35.5. The van der Waals surface area contributed by atoms with Gasteiger partial charge in [0.1, 0.15) is 25.9 Å². The number of thiophene rings is 2. The largest absolute Gasteiger partial charge is 0.277 e. The minimum atomic E-state index is -4.36. The fourth-order valence-corrected chi connectivity index (χ4v) is 9.75. The summed E-state index contributed by atoms with van der Waals surface area (Å²) in [5.41, 5.74) is -0.168. The second-order valence-corrected chi connectivity index (χ2v) is 14.6. The van der Waals surface area contributed by atoms with Gasteiger partial charge in [0.05, 0.1) is 16.4 Å². The van der Waals surface area contributed by atoms with E-state index in [-0.39, 0.29) is 19.7 Å². The average molecular weight is 617 g/mol. The quantitative estimate of drug-likeness (QED) is 0.208. The van der Waals surface area contributed by atoms with E-state index in [1.54, 1.807) is 0 Å². The van der Waals surface area contributed by atoms with E-state index in [4.69, 9.17) is 11.6 Å². The van der Waals surface area contributed by atoms with Crippen LogP contribution in [0.4, 0.5) is 24.5 Å². The van der Waals surface area contributed by atoms with Crippen LogP contribution in [0.5, 0.6) is 0 Å². The Hall–Kier alpha value is -2.84. The van der Waals surface area contributed by atoms with E-state index in [2.05, 4.69) is 9.44 Å². The fourth-order valence-electron chi connectivity index (χ4n) is 3.95. The van der Waals surface area contributed by atoms with Crippen molar-refractivity contribution in [3.63, 3.8) is 0 Å². The van der Waals surface area contributed by atoms with Gasteiger partial charge in [-0.25, -0.2) is 30.0 Å². The van der Waals surface area contributed by atoms with Gasteiger partial charge in [-0.15, -0.1) is 22.7 Å². The maximum absolute atomic E-state index is 14.4. The maximum atomic E-state index is 14.4. The number of anilines is 2. The minimum absolute atomic E-state index is 0.130. The predicted molar refractivity (Wildman–Crippen MR) is 146 cm³/mol. The number of halogens is 4. The van der Waals surface area contributed by atoms with Crippen LogP contribution in [0.1, 0.15) is 11.1 Å². The van der Waals surface area contributed by atoms with Crippen molar-refractivity contribution in [2.45, 2.75) is 22.3 Å². The smallest absolute Gasteiger partial charge is 0.271 e. The van der Waals surface area contributed by atoms with Gasteiger partial charge in [-0.05, 0) is 78.2 Å². The van der Waals surface area contributed by atoms with Crippen LogP contribution in [-0.2, 0) is 20.0 Å². The van der Waals surface area contributed by atoms with Gasteiger partial charge in [-0.2, -0.15) is 0 Å². The zero-order chi connectivity index (χ0) is 27.6. The third-order valence-electron chi connectivity index (χ3n) is 5.75. The molecule has 5 rings (SSSR count). The Kier molecular flexibility index (Phi) is 6.63. The molecule has 6 nitrogen and oxygen atoms in total. The van der Waals surface area contributed by atoms with Crippen molar-refractivity contribution in [1.29, 1.82) is 0 Å². The molecule has 0 aliphatic carbocycles. The van der Waals surface area contributed by atoms with Crippen molar-refractivity contribution >= 4 is 85.9 Å². The lowest BCUT2D eigenvalue weighted by Gasteiger charge is -2.15. The first-order valence-corrected chi connectivity index (χ1v) is 15.7. The molecule has 0 saturated carbocycles. The van der Waals surface area contributed by atoms with Gasteiger partial charge >= 0.3 is 0 Å². The number of benzene rings is 3. The van der Waals surface area contributed by atoms with E-state index in [1.165, 1.54) is 50.2 Å². The van der Waals surface area contributed by atoms with Gasteiger partial charge in [-0.3, -0.25) is 9.44 Å². The van der Waals surface area contributed by atoms with Crippen molar-refractivity contribution < 1.29 is 30.0 Å². The Morgan fingerprint density at radius 1 is 0.684 bits per heavy atom. The number of nitrogens with one attached hydrogen (secondary N) is 2. The van der Waals surface area contributed by atoms with E-state index in [0.29, 0.717) is 25.7 Å². The molecule has 5 aromatic rings. The highest BCUT2D eigenvalue weighted by Crippen LogP contribution is 2.39. The lowest BCUT2D eigenvalue weighted by Crippen LogP contribution is -2.17. The molecule has 0 unspecified atom stereocenters. The molecular weight excluding hydrogens is 601 g/mol. The van der Waals surface area contributed by atoms with E-state index in [0.717, 1.165) is 34.8 Å². The van der Waals surface area contributed by atoms with Gasteiger partial charge in [-0.1, -0.05) is 11.6 Å². The summed E-state index contributed by atoms with van der Waals surface area (Å²) in [6, 6.07) is 9.44. The molecule has 198 valence electrons. The van der Waals surface area contributed by atoms with Crippen LogP contribution in [0.25, 0.3) is 20.2 Å². The summed E-state index contributed by atoms with van der Waals surface area (Å²) in [5, 5.41) is 0.356. The van der Waals surface area contributed by atoms with Gasteiger partial charge in [0.2, 0.25) is 0 Å². The van der Waals surface area contributed by atoms with E-state index < -0.39 is 48.2 Å². The van der Waals surface area contributed by atoms with Gasteiger partial charge in [0, 0.05) is 15.5 Å². The Bertz CT molecular complexity index is 1840. The minimum Gasteiger partial charge on any atom is -0.277 e. The summed E-state index contributed by atoms with van der Waals surface area (Å²) in [6.45, 7) is 3.02. The van der Waals surface area contributed by atoms with Crippen LogP contribution in [0.15, 0.2) is 56.9 Å². The molecule has 0 amide bonds. The maximum Gasteiger partial charge on any atom is 0.271 e. The van der Waals surface area contributed by atoms with Crippen LogP contribution in [-0.4, -0.2) is 16.8 Å². The molecule has 0 spiro atoms. The Labute approximate surface area is 228 Å². The lowest BCUT2D eigenvalue weighted by atomic mass is 10.2. The number of fused-ring (bicyclic) bond motifs is 2. The monoisotopic (exact) mass is 616 g/mol. The average Bonchev–Trinajstić information content (AvgIpc) is 3.34. The molecule has 2 N–H and O–H groups in total. The van der Waals surface area contributed by atoms with Crippen LogP contribution in [0.3, 0.4) is 0 Å². The first-order valence-electron chi connectivity index (χ1n) is 10.7. The van der Waals surface area contributed by atoms with Gasteiger partial charge in [0.25, 0.3) is 20.0 Å². The summed E-state index contributed by atoms with van der Waals surface area (Å²) in [4.78, 5) is 0. The molecular formula is C24H16ClF3N2O4S4. The van der Waals surface area contributed by atoms with Crippen molar-refractivity contribution in [3.8, 4) is 0 Å². The SMILES string of the molecule is Cc1c(S(=O)(=O)Nc2cc(F)c(Cl)cc2NS(=O)(=O)c2sc3ccc(F)cc3c2C)sc2ccc(F)cc12. The standard InChI is InChI=1S/C24H16ClF3N2O4S4/c1-11-15-7-13(26)3-5-21(15)35-23(11)37(31,32)29-19-9-17(25)18(28)10-20(19)30-38(33,34)24-12(2)16-8-14(27)4-6-22(16)36-24/h3-10,29-30H,1-2H3. The Morgan fingerprint density at radius 3 is 1.55 bits per heavy atom. The lowest BCUT2D eigenvalue weighted by molar-refractivity contribution is 0.600. The first kappa shape index (κ1) is 26.8. The van der Waals surface area contributed by atoms with Crippen molar-refractivity contribution in [3.05, 3.63) is 82.1 Å². The molecule has 0 aliphatic heterocycles. The summed E-state index contributed by atoms with van der Waals surface area (Å²) < 4.78 is 100. The predicted octanol–water partition coefficient (Wildman–Crippen LogP) is 7.41. The Morgan fingerprint density at radius 2 is 1.11 bits per heavy atom. The van der Waals surface area contributed by atoms with Crippen LogP contribution in [0.2, 0.25) is 5.02 Å². The zero-order valence-electron chi connectivity index (χ0n) is 19.4. The van der Waals surface area contributed by atoms with Crippen LogP contribution >= 0.6 is 34.3 Å². The normalized spacial score (nSPS) is 12.4. The third-order valence-corrected chi connectivity index (χ3v) is 12.6. The second-order valence-electron chi connectivity index (χ2n) is 8.33. The van der Waals surface area contributed by atoms with E-state index in [1.807, 2.05) is 0 Å². The van der Waals surface area contributed by atoms with E-state index in [9.17, 15) is 30.0 Å². The molecule has 0 atom stereocenters. The highest BCUT2D eigenvalue weighted by Gasteiger charge is 2.27. The number of hydrogen-bond donors (Lipinski definition) is 2. The first-order chi connectivity index (χ1) is 17.8. The molecule has 3 aromatic carbocycles. The van der Waals surface area contributed by atoms with Crippen LogP contribution < -0.4 is 9.44 Å². The van der Waals surface area contributed by atoms with Crippen molar-refractivity contribution in [2.75, 3.05) is 9.44 Å². The number of aryl methyl sites for hydroxylation is 2.